The first kappa shape index (κ1) is 15.8. The van der Waals surface area contributed by atoms with Crippen molar-refractivity contribution in [3.8, 4) is 6.07 Å². The van der Waals surface area contributed by atoms with Crippen LogP contribution in [0.5, 0.6) is 0 Å². The van der Waals surface area contributed by atoms with Crippen LogP contribution in [0.1, 0.15) is 42.8 Å². The van der Waals surface area contributed by atoms with Gasteiger partial charge in [-0.25, -0.2) is 9.97 Å². The molecule has 4 rings (SSSR count). The van der Waals surface area contributed by atoms with E-state index in [1.165, 1.54) is 24.1 Å². The molecule has 1 aromatic heterocycles. The van der Waals surface area contributed by atoms with Crippen LogP contribution >= 0.6 is 0 Å². The van der Waals surface area contributed by atoms with Crippen LogP contribution in [-0.4, -0.2) is 48.1 Å². The highest BCUT2D eigenvalue weighted by molar-refractivity contribution is 5.51. The van der Waals surface area contributed by atoms with Crippen LogP contribution in [0.4, 0.5) is 5.82 Å². The summed E-state index contributed by atoms with van der Waals surface area (Å²) in [6.07, 6.45) is 7.86. The maximum absolute atomic E-state index is 9.34. The molecule has 1 aliphatic carbocycles. The molecule has 1 atom stereocenters. The van der Waals surface area contributed by atoms with E-state index in [2.05, 4.69) is 22.9 Å². The lowest BCUT2D eigenvalue weighted by atomic mass is 9.98. The fourth-order valence-corrected chi connectivity index (χ4v) is 3.95. The van der Waals surface area contributed by atoms with E-state index in [1.807, 2.05) is 0 Å². The van der Waals surface area contributed by atoms with Gasteiger partial charge in [0, 0.05) is 44.6 Å². The minimum absolute atomic E-state index is 0.143. The Labute approximate surface area is 144 Å². The fraction of sp³-hybridized carbons (Fsp3) is 0.737. The summed E-state index contributed by atoms with van der Waals surface area (Å²) in [5.41, 5.74) is 2.61. The zero-order chi connectivity index (χ0) is 16.5. The number of likely N-dealkylation sites (N-methyl/N-ethyl adjacent to an activating group) is 1. The number of hydrogen-bond donors (Lipinski definition) is 0. The zero-order valence-electron chi connectivity index (χ0n) is 14.7. The Morgan fingerprint density at radius 2 is 1.96 bits per heavy atom. The van der Waals surface area contributed by atoms with Crippen molar-refractivity contribution < 1.29 is 0 Å². The average molecular weight is 325 g/mol. The van der Waals surface area contributed by atoms with E-state index in [0.717, 1.165) is 75.8 Å². The largest absolute Gasteiger partial charge is 0.355 e. The van der Waals surface area contributed by atoms with E-state index >= 15 is 0 Å². The molecule has 0 unspecified atom stereocenters. The lowest BCUT2D eigenvalue weighted by Gasteiger charge is -2.32. The Hall–Kier alpha value is -1.67. The van der Waals surface area contributed by atoms with Gasteiger partial charge in [0.2, 0.25) is 0 Å². The third-order valence-corrected chi connectivity index (χ3v) is 5.66. The summed E-state index contributed by atoms with van der Waals surface area (Å²) >= 11 is 0. The summed E-state index contributed by atoms with van der Waals surface area (Å²) in [5, 5.41) is 9.34. The Morgan fingerprint density at radius 3 is 2.75 bits per heavy atom. The minimum Gasteiger partial charge on any atom is -0.355 e. The molecule has 1 saturated carbocycles. The number of hydrogen-bond acceptors (Lipinski definition) is 5. The molecule has 5 heteroatoms. The summed E-state index contributed by atoms with van der Waals surface area (Å²) in [4.78, 5) is 14.7. The molecule has 0 spiro atoms. The van der Waals surface area contributed by atoms with Crippen LogP contribution in [0.3, 0.4) is 0 Å². The van der Waals surface area contributed by atoms with Crippen LogP contribution in [0.25, 0.3) is 0 Å². The first-order valence-electron chi connectivity index (χ1n) is 9.44. The summed E-state index contributed by atoms with van der Waals surface area (Å²) in [6.45, 7) is 4.01. The number of fused-ring (bicyclic) bond motifs is 1. The van der Waals surface area contributed by atoms with Gasteiger partial charge < -0.3 is 9.80 Å². The lowest BCUT2D eigenvalue weighted by Crippen LogP contribution is -2.36. The van der Waals surface area contributed by atoms with Crippen LogP contribution in [0.15, 0.2) is 0 Å². The van der Waals surface area contributed by atoms with Crippen molar-refractivity contribution in [1.82, 2.24) is 14.9 Å². The van der Waals surface area contributed by atoms with Gasteiger partial charge in [-0.1, -0.05) is 0 Å². The molecule has 2 fully saturated rings. The Kier molecular flexibility index (Phi) is 4.41. The van der Waals surface area contributed by atoms with Crippen molar-refractivity contribution in [1.29, 1.82) is 5.26 Å². The molecular formula is C19H27N5. The van der Waals surface area contributed by atoms with Crippen molar-refractivity contribution in [2.24, 2.45) is 11.8 Å². The van der Waals surface area contributed by atoms with E-state index in [9.17, 15) is 5.26 Å². The van der Waals surface area contributed by atoms with Crippen LogP contribution < -0.4 is 4.90 Å². The first-order valence-corrected chi connectivity index (χ1v) is 9.44. The molecule has 0 radical (unpaired) electrons. The van der Waals surface area contributed by atoms with Crippen molar-refractivity contribution in [3.05, 3.63) is 17.1 Å². The van der Waals surface area contributed by atoms with Crippen molar-refractivity contribution >= 4 is 5.82 Å². The molecule has 24 heavy (non-hydrogen) atoms. The van der Waals surface area contributed by atoms with Gasteiger partial charge in [-0.2, -0.15) is 5.26 Å². The average Bonchev–Trinajstić information content (AvgIpc) is 3.43. The van der Waals surface area contributed by atoms with Gasteiger partial charge in [-0.05, 0) is 45.1 Å². The highest BCUT2D eigenvalue weighted by atomic mass is 15.2. The van der Waals surface area contributed by atoms with Gasteiger partial charge in [-0.15, -0.1) is 0 Å². The summed E-state index contributed by atoms with van der Waals surface area (Å²) < 4.78 is 0. The molecule has 3 aliphatic rings. The normalized spacial score (nSPS) is 25.0. The minimum atomic E-state index is 0.143. The van der Waals surface area contributed by atoms with E-state index in [-0.39, 0.29) is 5.92 Å². The molecule has 1 saturated heterocycles. The first-order chi connectivity index (χ1) is 11.7. The standard InChI is InChI=1S/C19H27N5/c1-23-9-6-16-17(7-10-23)21-18(11-14-4-5-14)22-19(16)24-8-2-3-15(12-20)13-24/h14-15H,2-11,13H2,1H3/t15-/m1/s1. The van der Waals surface area contributed by atoms with Crippen LogP contribution in [-0.2, 0) is 19.3 Å². The SMILES string of the molecule is CN1CCc2nc(CC3CC3)nc(N3CCC[C@H](C#N)C3)c2CC1. The third-order valence-electron chi connectivity index (χ3n) is 5.66. The quantitative estimate of drug-likeness (QED) is 0.853. The predicted octanol–water partition coefficient (Wildman–Crippen LogP) is 2.20. The molecular weight excluding hydrogens is 298 g/mol. The topological polar surface area (TPSA) is 56.1 Å². The van der Waals surface area contributed by atoms with Gasteiger partial charge in [0.25, 0.3) is 0 Å². The third kappa shape index (κ3) is 3.39. The summed E-state index contributed by atoms with van der Waals surface area (Å²) in [5.74, 6) is 3.13. The van der Waals surface area contributed by atoms with E-state index < -0.39 is 0 Å². The Morgan fingerprint density at radius 1 is 1.12 bits per heavy atom. The second-order valence-electron chi connectivity index (χ2n) is 7.75. The smallest absolute Gasteiger partial charge is 0.135 e. The van der Waals surface area contributed by atoms with Crippen molar-refractivity contribution in [2.45, 2.75) is 44.9 Å². The maximum Gasteiger partial charge on any atom is 0.135 e. The van der Waals surface area contributed by atoms with Gasteiger partial charge in [0.1, 0.15) is 11.6 Å². The Bertz CT molecular complexity index is 646. The number of nitriles is 1. The number of anilines is 1. The second kappa shape index (κ2) is 6.68. The molecule has 0 bridgehead atoms. The number of aromatic nitrogens is 2. The molecule has 5 nitrogen and oxygen atoms in total. The monoisotopic (exact) mass is 325 g/mol. The predicted molar refractivity (Wildman–Crippen MR) is 93.9 cm³/mol. The van der Waals surface area contributed by atoms with Crippen LogP contribution in [0, 0.1) is 23.2 Å². The molecule has 0 amide bonds. The van der Waals surface area contributed by atoms with E-state index in [0.29, 0.717) is 0 Å². The van der Waals surface area contributed by atoms with E-state index in [1.54, 1.807) is 0 Å². The number of rotatable bonds is 3. The zero-order valence-corrected chi connectivity index (χ0v) is 14.7. The fourth-order valence-electron chi connectivity index (χ4n) is 3.95. The van der Waals surface area contributed by atoms with Crippen LogP contribution in [0.2, 0.25) is 0 Å². The number of nitrogens with zero attached hydrogens (tertiary/aromatic N) is 5. The highest BCUT2D eigenvalue weighted by Crippen LogP contribution is 2.34. The van der Waals surface area contributed by atoms with Gasteiger partial charge >= 0.3 is 0 Å². The molecule has 1 aromatic rings. The highest BCUT2D eigenvalue weighted by Gasteiger charge is 2.28. The van der Waals surface area contributed by atoms with Gasteiger partial charge in [0.15, 0.2) is 0 Å². The molecule has 0 aromatic carbocycles. The summed E-state index contributed by atoms with van der Waals surface area (Å²) in [6, 6.07) is 2.47. The van der Waals surface area contributed by atoms with Crippen molar-refractivity contribution in [2.75, 3.05) is 38.1 Å². The van der Waals surface area contributed by atoms with Crippen molar-refractivity contribution in [3.63, 3.8) is 0 Å². The molecule has 2 aliphatic heterocycles. The second-order valence-corrected chi connectivity index (χ2v) is 7.75. The van der Waals surface area contributed by atoms with E-state index in [4.69, 9.17) is 9.97 Å². The molecule has 0 N–H and O–H groups in total. The maximum atomic E-state index is 9.34. The molecule has 128 valence electrons. The van der Waals surface area contributed by atoms with Gasteiger partial charge in [0.05, 0.1) is 17.7 Å². The summed E-state index contributed by atoms with van der Waals surface area (Å²) in [7, 11) is 2.19. The number of piperidine rings is 1. The lowest BCUT2D eigenvalue weighted by molar-refractivity contribution is 0.352. The molecule has 3 heterocycles. The Balaban J connectivity index is 1.68. The van der Waals surface area contributed by atoms with Gasteiger partial charge in [-0.3, -0.25) is 0 Å².